The summed E-state index contributed by atoms with van der Waals surface area (Å²) in [5, 5.41) is 3.65. The Hall–Kier alpha value is -1.98. The molecule has 1 aromatic heterocycles. The number of rotatable bonds is 6. The summed E-state index contributed by atoms with van der Waals surface area (Å²) in [6.45, 7) is 6.17. The van der Waals surface area contributed by atoms with Gasteiger partial charge in [-0.2, -0.15) is 8.42 Å². The number of nitrogens with two attached hydrogens (primary N) is 1. The molecule has 32 heavy (non-hydrogen) atoms. The third kappa shape index (κ3) is 4.29. The van der Waals surface area contributed by atoms with Crippen LogP contribution in [0.4, 0.5) is 0 Å². The lowest BCUT2D eigenvalue weighted by atomic mass is 9.78. The Morgan fingerprint density at radius 1 is 1.09 bits per heavy atom. The van der Waals surface area contributed by atoms with Gasteiger partial charge in [-0.1, -0.05) is 11.6 Å². The number of carbonyl (C=O) groups is 2. The normalized spacial score (nSPS) is 27.8. The lowest BCUT2D eigenvalue weighted by Gasteiger charge is -2.44. The maximum atomic E-state index is 13.1. The summed E-state index contributed by atoms with van der Waals surface area (Å²) in [6.07, 6.45) is 4.64. The number of primary amides is 1. The summed E-state index contributed by atoms with van der Waals surface area (Å²) >= 11 is 0. The molecule has 0 unspecified atom stereocenters. The highest BCUT2D eigenvalue weighted by Gasteiger charge is 2.48. The van der Waals surface area contributed by atoms with Crippen molar-refractivity contribution in [2.24, 2.45) is 11.7 Å². The van der Waals surface area contributed by atoms with Crippen LogP contribution in [0, 0.1) is 19.8 Å². The number of nitrogens with zero attached hydrogens (tertiary/aromatic N) is 3. The van der Waals surface area contributed by atoms with Crippen molar-refractivity contribution in [1.82, 2.24) is 15.0 Å². The minimum atomic E-state index is -4.31. The molecule has 1 aliphatic heterocycles. The molecule has 2 heterocycles. The molecule has 2 amide bonds. The monoisotopic (exact) mass is 468 g/mol. The van der Waals surface area contributed by atoms with E-state index in [4.69, 9.17) is 14.4 Å². The molecule has 0 spiro atoms. The Bertz CT molecular complexity index is 951. The number of aromatic nitrogens is 1. The molecular formula is C21H32N4O6S. The predicted molar refractivity (Wildman–Crippen MR) is 114 cm³/mol. The number of piperazine rings is 1. The van der Waals surface area contributed by atoms with Gasteiger partial charge in [0.15, 0.2) is 16.3 Å². The second kappa shape index (κ2) is 8.75. The van der Waals surface area contributed by atoms with Crippen LogP contribution in [-0.4, -0.2) is 73.0 Å². The Kier molecular flexibility index (Phi) is 6.34. The van der Waals surface area contributed by atoms with E-state index in [2.05, 4.69) is 10.1 Å². The summed E-state index contributed by atoms with van der Waals surface area (Å²) in [5.74, 6) is -0.937. The van der Waals surface area contributed by atoms with Gasteiger partial charge in [0.2, 0.25) is 5.91 Å². The Morgan fingerprint density at radius 3 is 2.19 bits per heavy atom. The molecule has 0 aromatic carbocycles. The lowest BCUT2D eigenvalue weighted by molar-refractivity contribution is -0.145. The number of aryl methyl sites for hydroxylation is 2. The van der Waals surface area contributed by atoms with Crippen LogP contribution in [0.3, 0.4) is 0 Å². The van der Waals surface area contributed by atoms with Crippen LogP contribution in [0.1, 0.15) is 56.4 Å². The van der Waals surface area contributed by atoms with E-state index >= 15 is 0 Å². The van der Waals surface area contributed by atoms with Crippen LogP contribution in [0.2, 0.25) is 0 Å². The number of hydrogen-bond acceptors (Lipinski definition) is 8. The predicted octanol–water partition coefficient (Wildman–Crippen LogP) is 1.11. The van der Waals surface area contributed by atoms with Crippen molar-refractivity contribution in [3.8, 4) is 0 Å². The molecule has 0 atom stereocenters. The number of carbonyl (C=O) groups excluding carboxylic acids is 2. The van der Waals surface area contributed by atoms with Crippen LogP contribution >= 0.6 is 0 Å². The van der Waals surface area contributed by atoms with Gasteiger partial charge in [0.1, 0.15) is 5.69 Å². The molecule has 2 aliphatic carbocycles. The van der Waals surface area contributed by atoms with Crippen molar-refractivity contribution in [3.63, 3.8) is 0 Å². The van der Waals surface area contributed by atoms with Crippen molar-refractivity contribution in [3.05, 3.63) is 11.5 Å². The Balaban J connectivity index is 1.39. The summed E-state index contributed by atoms with van der Waals surface area (Å²) in [6, 6.07) is 0.676. The molecule has 3 aliphatic rings. The van der Waals surface area contributed by atoms with E-state index in [-0.39, 0.29) is 41.0 Å². The molecule has 3 fully saturated rings. The second-order valence-corrected chi connectivity index (χ2v) is 10.8. The van der Waals surface area contributed by atoms with E-state index in [0.29, 0.717) is 32.0 Å². The third-order valence-electron chi connectivity index (χ3n) is 7.30. The largest absolute Gasteiger partial charge is 0.367 e. The average Bonchev–Trinajstić information content (AvgIpc) is 3.06. The first-order valence-corrected chi connectivity index (χ1v) is 12.7. The van der Waals surface area contributed by atoms with Gasteiger partial charge >= 0.3 is 10.1 Å². The van der Waals surface area contributed by atoms with Gasteiger partial charge in [-0.3, -0.25) is 14.5 Å². The van der Waals surface area contributed by atoms with Gasteiger partial charge in [-0.15, -0.1) is 0 Å². The highest BCUT2D eigenvalue weighted by atomic mass is 32.2. The molecule has 1 aromatic rings. The van der Waals surface area contributed by atoms with E-state index in [1.165, 1.54) is 33.1 Å². The maximum absolute atomic E-state index is 13.1. The first kappa shape index (κ1) is 23.2. The number of amides is 2. The summed E-state index contributed by atoms with van der Waals surface area (Å²) in [7, 11) is -4.31. The average molecular weight is 469 g/mol. The molecule has 178 valence electrons. The fraction of sp³-hybridized carbons (Fsp3) is 0.762. The number of hydrogen-bond donors (Lipinski definition) is 1. The Labute approximate surface area is 188 Å². The maximum Gasteiger partial charge on any atom is 0.303 e. The van der Waals surface area contributed by atoms with E-state index in [1.807, 2.05) is 4.90 Å². The van der Waals surface area contributed by atoms with Gasteiger partial charge in [-0.25, -0.2) is 4.18 Å². The highest BCUT2D eigenvalue weighted by Crippen LogP contribution is 2.39. The van der Waals surface area contributed by atoms with Crippen molar-refractivity contribution in [1.29, 1.82) is 0 Å². The van der Waals surface area contributed by atoms with Gasteiger partial charge in [0.05, 0.1) is 0 Å². The summed E-state index contributed by atoms with van der Waals surface area (Å²) in [5.41, 5.74) is 4.08. The van der Waals surface area contributed by atoms with Gasteiger partial charge in [0, 0.05) is 38.1 Å². The van der Waals surface area contributed by atoms with Gasteiger partial charge in [-0.05, 0) is 52.4 Å². The summed E-state index contributed by atoms with van der Waals surface area (Å²) in [4.78, 5) is 29.6. The molecule has 10 nitrogen and oxygen atoms in total. The van der Waals surface area contributed by atoms with E-state index in [0.717, 1.165) is 13.1 Å². The zero-order valence-corrected chi connectivity index (χ0v) is 19.5. The van der Waals surface area contributed by atoms with Crippen LogP contribution in [0.5, 0.6) is 0 Å². The van der Waals surface area contributed by atoms with Crippen molar-refractivity contribution < 1.29 is 26.7 Å². The van der Waals surface area contributed by atoms with Gasteiger partial charge in [0.25, 0.3) is 5.91 Å². The van der Waals surface area contributed by atoms with E-state index < -0.39 is 21.6 Å². The minimum absolute atomic E-state index is 0.0728. The molecule has 4 rings (SSSR count). The Morgan fingerprint density at radius 2 is 1.72 bits per heavy atom. The lowest BCUT2D eigenvalue weighted by Crippen LogP contribution is -2.56. The van der Waals surface area contributed by atoms with Crippen LogP contribution < -0.4 is 5.73 Å². The third-order valence-corrected chi connectivity index (χ3v) is 8.92. The highest BCUT2D eigenvalue weighted by molar-refractivity contribution is 7.87. The standard InChI is InChI=1S/C21H32N4O6S/c1-14-18(15(2)30-23-14)32(28,29)31-21(20(22)27)8-6-16(7-9-21)19(26)25-12-10-24(11-13-25)17-4-3-5-17/h16-17H,3-13H2,1-2H3,(H2,22,27). The molecule has 1 saturated heterocycles. The zero-order chi connectivity index (χ0) is 23.1. The molecule has 2 saturated carbocycles. The molecule has 2 N–H and O–H groups in total. The zero-order valence-electron chi connectivity index (χ0n) is 18.7. The van der Waals surface area contributed by atoms with Crippen LogP contribution in [-0.2, 0) is 23.9 Å². The van der Waals surface area contributed by atoms with Gasteiger partial charge < -0.3 is 15.2 Å². The topological polar surface area (TPSA) is 136 Å². The van der Waals surface area contributed by atoms with E-state index in [9.17, 15) is 18.0 Å². The second-order valence-electron chi connectivity index (χ2n) is 9.27. The SMILES string of the molecule is Cc1noc(C)c1S(=O)(=O)OC1(C(N)=O)CCC(C(=O)N2CCN(C3CCC3)CC2)CC1. The van der Waals surface area contributed by atoms with Crippen molar-refractivity contribution in [2.45, 2.75) is 75.3 Å². The fourth-order valence-electron chi connectivity index (χ4n) is 5.10. The van der Waals surface area contributed by atoms with Crippen molar-refractivity contribution in [2.75, 3.05) is 26.2 Å². The van der Waals surface area contributed by atoms with Crippen LogP contribution in [0.25, 0.3) is 0 Å². The minimum Gasteiger partial charge on any atom is -0.367 e. The molecule has 0 bridgehead atoms. The molecule has 11 heteroatoms. The molecule has 0 radical (unpaired) electrons. The van der Waals surface area contributed by atoms with Crippen molar-refractivity contribution >= 4 is 21.9 Å². The van der Waals surface area contributed by atoms with Crippen LogP contribution in [0.15, 0.2) is 9.42 Å². The van der Waals surface area contributed by atoms with E-state index in [1.54, 1.807) is 0 Å². The first-order chi connectivity index (χ1) is 15.1. The smallest absolute Gasteiger partial charge is 0.303 e. The quantitative estimate of drug-likeness (QED) is 0.613. The fourth-order valence-corrected chi connectivity index (χ4v) is 6.64. The summed E-state index contributed by atoms with van der Waals surface area (Å²) < 4.78 is 36.1. The first-order valence-electron chi connectivity index (χ1n) is 11.3. The molecular weight excluding hydrogens is 436 g/mol.